The Labute approximate surface area is 96.6 Å². The summed E-state index contributed by atoms with van der Waals surface area (Å²) in [6.07, 6.45) is 5.63. The van der Waals surface area contributed by atoms with Gasteiger partial charge in [0.2, 0.25) is 0 Å². The second-order valence-corrected chi connectivity index (χ2v) is 4.80. The highest BCUT2D eigenvalue weighted by atomic mass is 16.7. The van der Waals surface area contributed by atoms with Gasteiger partial charge in [-0.1, -0.05) is 30.7 Å². The van der Waals surface area contributed by atoms with Crippen LogP contribution >= 0.6 is 0 Å². The molecule has 1 fully saturated rings. The van der Waals surface area contributed by atoms with E-state index < -0.39 is 0 Å². The summed E-state index contributed by atoms with van der Waals surface area (Å²) in [5.74, 6) is -0.315. The van der Waals surface area contributed by atoms with Gasteiger partial charge in [-0.15, -0.1) is 0 Å². The van der Waals surface area contributed by atoms with Crippen LogP contribution in [0.2, 0.25) is 0 Å². The number of hydrogen-bond donors (Lipinski definition) is 0. The van der Waals surface area contributed by atoms with Crippen LogP contribution in [0.5, 0.6) is 0 Å². The Kier molecular flexibility index (Phi) is 2.70. The molecule has 2 aliphatic rings. The minimum Gasteiger partial charge on any atom is -0.350 e. The summed E-state index contributed by atoms with van der Waals surface area (Å²) in [4.78, 5) is 0. The van der Waals surface area contributed by atoms with Crippen LogP contribution in [0.25, 0.3) is 0 Å². The molecule has 1 aromatic rings. The average Bonchev–Trinajstić information content (AvgIpc) is 2.55. The van der Waals surface area contributed by atoms with Gasteiger partial charge in [0.1, 0.15) is 0 Å². The quantitative estimate of drug-likeness (QED) is 0.666. The predicted molar refractivity (Wildman–Crippen MR) is 62.1 cm³/mol. The van der Waals surface area contributed by atoms with Crippen LogP contribution in [0.1, 0.15) is 36.8 Å². The van der Waals surface area contributed by atoms with Crippen LogP contribution in [0.3, 0.4) is 0 Å². The topological polar surface area (TPSA) is 18.5 Å². The summed E-state index contributed by atoms with van der Waals surface area (Å²) < 4.78 is 12.0. The van der Waals surface area contributed by atoms with Crippen LogP contribution < -0.4 is 0 Å². The van der Waals surface area contributed by atoms with Gasteiger partial charge in [0, 0.05) is 12.8 Å². The van der Waals surface area contributed by atoms with Crippen molar-refractivity contribution in [2.75, 3.05) is 6.61 Å². The molecule has 2 heterocycles. The molecule has 1 spiro atoms. The number of ether oxygens (including phenoxy) is 2. The van der Waals surface area contributed by atoms with E-state index in [-0.39, 0.29) is 5.79 Å². The van der Waals surface area contributed by atoms with Gasteiger partial charge in [-0.2, -0.15) is 0 Å². The standard InChI is InChI=1S/C14H18O2/c1-4-8-14(15-9-5-1)10-12-6-2-3-7-13(12)11-16-14/h2-3,6-7H,1,4-5,8-11H2. The lowest BCUT2D eigenvalue weighted by atomic mass is 9.94. The fraction of sp³-hybridized carbons (Fsp3) is 0.571. The molecule has 0 amide bonds. The molecular weight excluding hydrogens is 200 g/mol. The van der Waals surface area contributed by atoms with Gasteiger partial charge in [0.25, 0.3) is 0 Å². The molecule has 1 saturated heterocycles. The van der Waals surface area contributed by atoms with Crippen molar-refractivity contribution >= 4 is 0 Å². The van der Waals surface area contributed by atoms with E-state index >= 15 is 0 Å². The van der Waals surface area contributed by atoms with E-state index in [0.717, 1.165) is 19.4 Å². The highest BCUT2D eigenvalue weighted by Gasteiger charge is 2.36. The first-order chi connectivity index (χ1) is 7.88. The molecule has 2 heteroatoms. The first-order valence-corrected chi connectivity index (χ1v) is 6.23. The van der Waals surface area contributed by atoms with Crippen LogP contribution in [0.4, 0.5) is 0 Å². The van der Waals surface area contributed by atoms with Crippen molar-refractivity contribution in [1.29, 1.82) is 0 Å². The van der Waals surface area contributed by atoms with Gasteiger partial charge >= 0.3 is 0 Å². The van der Waals surface area contributed by atoms with Crippen LogP contribution in [0.15, 0.2) is 24.3 Å². The van der Waals surface area contributed by atoms with Crippen molar-refractivity contribution in [3.05, 3.63) is 35.4 Å². The van der Waals surface area contributed by atoms with Crippen LogP contribution in [-0.4, -0.2) is 12.4 Å². The van der Waals surface area contributed by atoms with E-state index in [4.69, 9.17) is 9.47 Å². The van der Waals surface area contributed by atoms with Gasteiger partial charge < -0.3 is 9.47 Å². The minimum absolute atomic E-state index is 0.315. The molecule has 0 radical (unpaired) electrons. The minimum atomic E-state index is -0.315. The SMILES string of the molecule is c1ccc2c(c1)COC1(CCCCCO1)C2. The van der Waals surface area contributed by atoms with Crippen molar-refractivity contribution in [1.82, 2.24) is 0 Å². The highest BCUT2D eigenvalue weighted by Crippen LogP contribution is 2.35. The third kappa shape index (κ3) is 1.87. The normalized spacial score (nSPS) is 29.8. The van der Waals surface area contributed by atoms with Crippen LogP contribution in [-0.2, 0) is 22.5 Å². The van der Waals surface area contributed by atoms with E-state index in [0.29, 0.717) is 6.61 Å². The molecule has 0 aliphatic carbocycles. The van der Waals surface area contributed by atoms with Crippen molar-refractivity contribution in [3.8, 4) is 0 Å². The maximum atomic E-state index is 5.99. The average molecular weight is 218 g/mol. The van der Waals surface area contributed by atoms with Gasteiger partial charge in [-0.25, -0.2) is 0 Å². The zero-order chi connectivity index (χ0) is 10.8. The van der Waals surface area contributed by atoms with Gasteiger partial charge in [0.05, 0.1) is 13.2 Å². The van der Waals surface area contributed by atoms with Gasteiger partial charge in [0.15, 0.2) is 5.79 Å². The number of hydrogen-bond acceptors (Lipinski definition) is 2. The number of fused-ring (bicyclic) bond motifs is 1. The smallest absolute Gasteiger partial charge is 0.172 e. The molecule has 2 nitrogen and oxygen atoms in total. The summed E-state index contributed by atoms with van der Waals surface area (Å²) in [6.45, 7) is 1.55. The molecule has 0 N–H and O–H groups in total. The maximum Gasteiger partial charge on any atom is 0.172 e. The van der Waals surface area contributed by atoms with Gasteiger partial charge in [-0.05, 0) is 24.0 Å². The van der Waals surface area contributed by atoms with Crippen molar-refractivity contribution in [3.63, 3.8) is 0 Å². The third-order valence-electron chi connectivity index (χ3n) is 3.64. The third-order valence-corrected chi connectivity index (χ3v) is 3.64. The molecule has 3 rings (SSSR count). The molecule has 2 aliphatic heterocycles. The lowest BCUT2D eigenvalue weighted by molar-refractivity contribution is -0.248. The van der Waals surface area contributed by atoms with Crippen LogP contribution in [0, 0.1) is 0 Å². The van der Waals surface area contributed by atoms with E-state index in [1.54, 1.807) is 0 Å². The van der Waals surface area contributed by atoms with E-state index in [9.17, 15) is 0 Å². The lowest BCUT2D eigenvalue weighted by Crippen LogP contribution is -2.40. The summed E-state index contributed by atoms with van der Waals surface area (Å²) in [6, 6.07) is 8.54. The van der Waals surface area contributed by atoms with Crippen molar-refractivity contribution in [2.45, 2.75) is 44.5 Å². The fourth-order valence-electron chi connectivity index (χ4n) is 2.68. The fourth-order valence-corrected chi connectivity index (χ4v) is 2.68. The molecule has 0 aromatic heterocycles. The molecular formula is C14H18O2. The zero-order valence-electron chi connectivity index (χ0n) is 9.58. The second-order valence-electron chi connectivity index (χ2n) is 4.80. The van der Waals surface area contributed by atoms with E-state index in [2.05, 4.69) is 24.3 Å². The zero-order valence-corrected chi connectivity index (χ0v) is 9.58. The Morgan fingerprint density at radius 2 is 1.81 bits per heavy atom. The predicted octanol–water partition coefficient (Wildman–Crippen LogP) is 3.05. The maximum absolute atomic E-state index is 5.99. The molecule has 0 saturated carbocycles. The molecule has 1 unspecified atom stereocenters. The number of benzene rings is 1. The monoisotopic (exact) mass is 218 g/mol. The van der Waals surface area contributed by atoms with E-state index in [1.165, 1.54) is 30.4 Å². The van der Waals surface area contributed by atoms with E-state index in [1.807, 2.05) is 0 Å². The Hall–Kier alpha value is -0.860. The summed E-state index contributed by atoms with van der Waals surface area (Å²) in [7, 11) is 0. The summed E-state index contributed by atoms with van der Waals surface area (Å²) >= 11 is 0. The lowest BCUT2D eigenvalue weighted by Gasteiger charge is -2.37. The first kappa shape index (κ1) is 10.3. The Bertz CT molecular complexity index is 365. The molecule has 16 heavy (non-hydrogen) atoms. The van der Waals surface area contributed by atoms with Crippen molar-refractivity contribution in [2.24, 2.45) is 0 Å². The Balaban J connectivity index is 1.85. The molecule has 1 aromatic carbocycles. The van der Waals surface area contributed by atoms with Crippen molar-refractivity contribution < 1.29 is 9.47 Å². The highest BCUT2D eigenvalue weighted by molar-refractivity contribution is 5.29. The largest absolute Gasteiger partial charge is 0.350 e. The number of rotatable bonds is 0. The molecule has 0 bridgehead atoms. The summed E-state index contributed by atoms with van der Waals surface area (Å²) in [5, 5.41) is 0. The second kappa shape index (κ2) is 4.19. The van der Waals surface area contributed by atoms with Gasteiger partial charge in [-0.3, -0.25) is 0 Å². The molecule has 86 valence electrons. The Morgan fingerprint density at radius 3 is 2.75 bits per heavy atom. The summed E-state index contributed by atoms with van der Waals surface area (Å²) in [5.41, 5.74) is 2.72. The Morgan fingerprint density at radius 1 is 0.938 bits per heavy atom. The first-order valence-electron chi connectivity index (χ1n) is 6.23. The molecule has 1 atom stereocenters.